The molecule has 0 radical (unpaired) electrons. The zero-order valence-corrected chi connectivity index (χ0v) is 10.2. The molecule has 1 atom stereocenters. The second-order valence-corrected chi connectivity index (χ2v) is 5.02. The van der Waals surface area contributed by atoms with E-state index in [0.717, 1.165) is 13.1 Å². The van der Waals surface area contributed by atoms with Crippen LogP contribution in [0.15, 0.2) is 0 Å². The Balaban J connectivity index is 2.40. The maximum Gasteiger partial charge on any atom is 0.225 e. The molecule has 0 spiro atoms. The standard InChI is InChI=1S/C11H22N2O2/c1-11(2,3)13(4)10(14)7-9-8-12-5-6-15-9/h9,12H,5-8H2,1-4H3. The lowest BCUT2D eigenvalue weighted by molar-refractivity contribution is -0.137. The molecule has 15 heavy (non-hydrogen) atoms. The summed E-state index contributed by atoms with van der Waals surface area (Å²) in [4.78, 5) is 13.7. The highest BCUT2D eigenvalue weighted by Gasteiger charge is 2.25. The predicted octanol–water partition coefficient (Wildman–Crippen LogP) is 0.622. The Morgan fingerprint density at radius 3 is 2.67 bits per heavy atom. The van der Waals surface area contributed by atoms with Crippen LogP contribution in [0.2, 0.25) is 0 Å². The molecule has 4 heteroatoms. The van der Waals surface area contributed by atoms with Crippen LogP contribution in [-0.4, -0.2) is 49.2 Å². The fourth-order valence-corrected chi connectivity index (χ4v) is 1.46. The van der Waals surface area contributed by atoms with E-state index < -0.39 is 0 Å². The van der Waals surface area contributed by atoms with Gasteiger partial charge in [-0.05, 0) is 20.8 Å². The molecular formula is C11H22N2O2. The number of nitrogens with one attached hydrogen (secondary N) is 1. The molecule has 1 amide bonds. The van der Waals surface area contributed by atoms with Gasteiger partial charge in [-0.2, -0.15) is 0 Å². The Kier molecular flexibility index (Phi) is 4.11. The van der Waals surface area contributed by atoms with E-state index in [0.29, 0.717) is 13.0 Å². The highest BCUT2D eigenvalue weighted by atomic mass is 16.5. The third kappa shape index (κ3) is 3.80. The monoisotopic (exact) mass is 214 g/mol. The van der Waals surface area contributed by atoms with Crippen molar-refractivity contribution >= 4 is 5.91 Å². The van der Waals surface area contributed by atoms with Gasteiger partial charge in [-0.3, -0.25) is 4.79 Å². The smallest absolute Gasteiger partial charge is 0.225 e. The largest absolute Gasteiger partial charge is 0.375 e. The summed E-state index contributed by atoms with van der Waals surface area (Å²) in [5, 5.41) is 3.22. The van der Waals surface area contributed by atoms with Gasteiger partial charge in [0.1, 0.15) is 0 Å². The van der Waals surface area contributed by atoms with Crippen LogP contribution in [0.5, 0.6) is 0 Å². The van der Waals surface area contributed by atoms with Crippen LogP contribution < -0.4 is 5.32 Å². The van der Waals surface area contributed by atoms with Gasteiger partial charge in [0.25, 0.3) is 0 Å². The van der Waals surface area contributed by atoms with Crippen molar-refractivity contribution in [3.63, 3.8) is 0 Å². The fraction of sp³-hybridized carbons (Fsp3) is 0.909. The van der Waals surface area contributed by atoms with E-state index in [1.54, 1.807) is 4.90 Å². The number of nitrogens with zero attached hydrogens (tertiary/aromatic N) is 1. The first-order valence-electron chi connectivity index (χ1n) is 5.50. The minimum Gasteiger partial charge on any atom is -0.375 e. The molecule has 0 aromatic heterocycles. The van der Waals surface area contributed by atoms with E-state index in [9.17, 15) is 4.79 Å². The van der Waals surface area contributed by atoms with E-state index in [1.807, 2.05) is 27.8 Å². The van der Waals surface area contributed by atoms with Gasteiger partial charge < -0.3 is 15.0 Å². The van der Waals surface area contributed by atoms with Crippen LogP contribution >= 0.6 is 0 Å². The van der Waals surface area contributed by atoms with Crippen molar-refractivity contribution in [3.05, 3.63) is 0 Å². The number of ether oxygens (including phenoxy) is 1. The van der Waals surface area contributed by atoms with Crippen molar-refractivity contribution in [2.24, 2.45) is 0 Å². The van der Waals surface area contributed by atoms with Gasteiger partial charge in [-0.25, -0.2) is 0 Å². The zero-order chi connectivity index (χ0) is 11.5. The summed E-state index contributed by atoms with van der Waals surface area (Å²) in [7, 11) is 1.85. The summed E-state index contributed by atoms with van der Waals surface area (Å²) in [6.07, 6.45) is 0.511. The van der Waals surface area contributed by atoms with Crippen LogP contribution in [0.4, 0.5) is 0 Å². The second kappa shape index (κ2) is 4.94. The number of morpholine rings is 1. The average molecular weight is 214 g/mol. The minimum absolute atomic E-state index is 0.0380. The Morgan fingerprint density at radius 2 is 2.20 bits per heavy atom. The number of rotatable bonds is 2. The average Bonchev–Trinajstić information content (AvgIpc) is 2.16. The van der Waals surface area contributed by atoms with Gasteiger partial charge in [0, 0.05) is 25.7 Å². The highest BCUT2D eigenvalue weighted by molar-refractivity contribution is 5.77. The molecule has 4 nitrogen and oxygen atoms in total. The number of carbonyl (C=O) groups excluding carboxylic acids is 1. The SMILES string of the molecule is CN(C(=O)CC1CNCCO1)C(C)(C)C. The van der Waals surface area contributed by atoms with Crippen LogP contribution in [0, 0.1) is 0 Å². The zero-order valence-electron chi connectivity index (χ0n) is 10.2. The van der Waals surface area contributed by atoms with Crippen molar-refractivity contribution in [3.8, 4) is 0 Å². The molecule has 0 aliphatic carbocycles. The van der Waals surface area contributed by atoms with Gasteiger partial charge in [0.15, 0.2) is 0 Å². The number of amides is 1. The van der Waals surface area contributed by atoms with Gasteiger partial charge in [0.05, 0.1) is 19.1 Å². The quantitative estimate of drug-likeness (QED) is 0.733. The summed E-state index contributed by atoms with van der Waals surface area (Å²) in [5.74, 6) is 0.149. The minimum atomic E-state index is -0.112. The molecule has 1 unspecified atom stereocenters. The van der Waals surface area contributed by atoms with E-state index in [-0.39, 0.29) is 17.6 Å². The van der Waals surface area contributed by atoms with Crippen molar-refractivity contribution in [1.82, 2.24) is 10.2 Å². The molecule has 1 rings (SSSR count). The third-order valence-corrected chi connectivity index (χ3v) is 2.79. The van der Waals surface area contributed by atoms with Crippen LogP contribution in [0.3, 0.4) is 0 Å². The van der Waals surface area contributed by atoms with Crippen molar-refractivity contribution < 1.29 is 9.53 Å². The second-order valence-electron chi connectivity index (χ2n) is 5.02. The Bertz CT molecular complexity index is 217. The lowest BCUT2D eigenvalue weighted by atomic mass is 10.1. The lowest BCUT2D eigenvalue weighted by Crippen LogP contribution is -2.46. The Hall–Kier alpha value is -0.610. The highest BCUT2D eigenvalue weighted by Crippen LogP contribution is 2.13. The summed E-state index contributed by atoms with van der Waals surface area (Å²) in [6, 6.07) is 0. The number of carbonyl (C=O) groups is 1. The molecule has 1 aliphatic heterocycles. The van der Waals surface area contributed by atoms with E-state index in [1.165, 1.54) is 0 Å². The van der Waals surface area contributed by atoms with Gasteiger partial charge in [-0.15, -0.1) is 0 Å². The molecule has 88 valence electrons. The summed E-state index contributed by atoms with van der Waals surface area (Å²) < 4.78 is 5.50. The van der Waals surface area contributed by atoms with Crippen molar-refractivity contribution in [1.29, 1.82) is 0 Å². The maximum absolute atomic E-state index is 11.9. The molecule has 1 heterocycles. The molecule has 0 saturated carbocycles. The molecule has 1 N–H and O–H groups in total. The summed E-state index contributed by atoms with van der Waals surface area (Å²) in [6.45, 7) is 8.47. The third-order valence-electron chi connectivity index (χ3n) is 2.79. The van der Waals surface area contributed by atoms with E-state index in [2.05, 4.69) is 5.32 Å². The van der Waals surface area contributed by atoms with Gasteiger partial charge in [0.2, 0.25) is 5.91 Å². The number of hydrogen-bond donors (Lipinski definition) is 1. The Labute approximate surface area is 92.0 Å². The van der Waals surface area contributed by atoms with E-state index in [4.69, 9.17) is 4.74 Å². The maximum atomic E-state index is 11.9. The molecular weight excluding hydrogens is 192 g/mol. The molecule has 0 aromatic carbocycles. The summed E-state index contributed by atoms with van der Waals surface area (Å²) >= 11 is 0. The first-order valence-corrected chi connectivity index (χ1v) is 5.50. The molecule has 0 bridgehead atoms. The first kappa shape index (κ1) is 12.5. The Morgan fingerprint density at radius 1 is 1.53 bits per heavy atom. The molecule has 1 saturated heterocycles. The normalized spacial score (nSPS) is 22.5. The van der Waals surface area contributed by atoms with Crippen LogP contribution in [0.25, 0.3) is 0 Å². The van der Waals surface area contributed by atoms with Crippen LogP contribution in [-0.2, 0) is 9.53 Å². The van der Waals surface area contributed by atoms with Crippen LogP contribution in [0.1, 0.15) is 27.2 Å². The fourth-order valence-electron chi connectivity index (χ4n) is 1.46. The van der Waals surface area contributed by atoms with Gasteiger partial charge in [-0.1, -0.05) is 0 Å². The van der Waals surface area contributed by atoms with Crippen molar-refractivity contribution in [2.45, 2.75) is 38.8 Å². The molecule has 1 fully saturated rings. The number of hydrogen-bond acceptors (Lipinski definition) is 3. The summed E-state index contributed by atoms with van der Waals surface area (Å²) in [5.41, 5.74) is -0.112. The van der Waals surface area contributed by atoms with Gasteiger partial charge >= 0.3 is 0 Å². The molecule has 1 aliphatic rings. The topological polar surface area (TPSA) is 41.6 Å². The predicted molar refractivity (Wildman–Crippen MR) is 59.7 cm³/mol. The van der Waals surface area contributed by atoms with Crippen molar-refractivity contribution in [2.75, 3.05) is 26.7 Å². The van der Waals surface area contributed by atoms with E-state index >= 15 is 0 Å². The molecule has 0 aromatic rings. The lowest BCUT2D eigenvalue weighted by Gasteiger charge is -2.33. The first-order chi connectivity index (χ1) is 6.91.